The third-order valence-electron chi connectivity index (χ3n) is 3.77. The first-order chi connectivity index (χ1) is 9.33. The van der Waals surface area contributed by atoms with Crippen molar-refractivity contribution in [3.8, 4) is 11.3 Å². The van der Waals surface area contributed by atoms with Crippen LogP contribution >= 0.6 is 0 Å². The van der Waals surface area contributed by atoms with Gasteiger partial charge in [0.1, 0.15) is 5.69 Å². The Balaban J connectivity index is 1.83. The second-order valence-electron chi connectivity index (χ2n) is 5.13. The molecule has 2 aromatic heterocycles. The molecule has 1 fully saturated rings. The second kappa shape index (κ2) is 3.91. The summed E-state index contributed by atoms with van der Waals surface area (Å²) in [7, 11) is 0. The van der Waals surface area contributed by atoms with Gasteiger partial charge in [0.25, 0.3) is 5.91 Å². The zero-order valence-electron chi connectivity index (χ0n) is 10.5. The molecular formula is C14H14N4O. The van der Waals surface area contributed by atoms with Gasteiger partial charge in [-0.15, -0.1) is 0 Å². The minimum absolute atomic E-state index is 0.0352. The first-order valence-electron chi connectivity index (χ1n) is 6.63. The Morgan fingerprint density at radius 1 is 1.37 bits per heavy atom. The number of hydrogen-bond donors (Lipinski definition) is 1. The van der Waals surface area contributed by atoms with Crippen LogP contribution in [-0.2, 0) is 6.54 Å². The standard InChI is InChI=1S/C14H14N4O/c19-14-13-7-12(17-18(13)6-5-16-14)10-3-4-15-8-11(10)9-1-2-9/h3-4,7-9H,1-2,5-6H2,(H,16,19). The molecule has 1 saturated carbocycles. The van der Waals surface area contributed by atoms with Gasteiger partial charge >= 0.3 is 0 Å². The molecule has 19 heavy (non-hydrogen) atoms. The van der Waals surface area contributed by atoms with Crippen molar-refractivity contribution in [2.24, 2.45) is 0 Å². The number of fused-ring (bicyclic) bond motifs is 1. The maximum absolute atomic E-state index is 11.8. The van der Waals surface area contributed by atoms with Gasteiger partial charge in [0.15, 0.2) is 0 Å². The predicted octanol–water partition coefficient (Wildman–Crippen LogP) is 1.57. The third-order valence-corrected chi connectivity index (χ3v) is 3.77. The Kier molecular flexibility index (Phi) is 2.21. The number of aromatic nitrogens is 3. The van der Waals surface area contributed by atoms with Gasteiger partial charge in [0.2, 0.25) is 0 Å². The Labute approximate surface area is 110 Å². The van der Waals surface area contributed by atoms with Gasteiger partial charge in [-0.2, -0.15) is 5.10 Å². The molecule has 96 valence electrons. The van der Waals surface area contributed by atoms with Crippen LogP contribution in [0.2, 0.25) is 0 Å². The number of nitrogens with zero attached hydrogens (tertiary/aromatic N) is 3. The van der Waals surface area contributed by atoms with Crippen LogP contribution in [0.4, 0.5) is 0 Å². The van der Waals surface area contributed by atoms with Gasteiger partial charge in [-0.05, 0) is 36.5 Å². The Hall–Kier alpha value is -2.17. The zero-order valence-corrected chi connectivity index (χ0v) is 10.5. The van der Waals surface area contributed by atoms with Crippen LogP contribution in [0.1, 0.15) is 34.8 Å². The van der Waals surface area contributed by atoms with Crippen LogP contribution in [0.3, 0.4) is 0 Å². The second-order valence-corrected chi connectivity index (χ2v) is 5.13. The lowest BCUT2D eigenvalue weighted by molar-refractivity contribution is 0.0924. The van der Waals surface area contributed by atoms with Gasteiger partial charge in [0.05, 0.1) is 12.2 Å². The summed E-state index contributed by atoms with van der Waals surface area (Å²) in [6.45, 7) is 1.39. The Morgan fingerprint density at radius 3 is 3.05 bits per heavy atom. The van der Waals surface area contributed by atoms with Crippen molar-refractivity contribution in [2.75, 3.05) is 6.54 Å². The molecule has 0 atom stereocenters. The normalized spacial score (nSPS) is 18.0. The fraction of sp³-hybridized carbons (Fsp3) is 0.357. The largest absolute Gasteiger partial charge is 0.349 e. The summed E-state index contributed by atoms with van der Waals surface area (Å²) < 4.78 is 1.80. The van der Waals surface area contributed by atoms with Crippen LogP contribution in [0.5, 0.6) is 0 Å². The van der Waals surface area contributed by atoms with Crippen LogP contribution in [0, 0.1) is 0 Å². The minimum atomic E-state index is -0.0352. The molecule has 0 unspecified atom stereocenters. The highest BCUT2D eigenvalue weighted by Gasteiger charge is 2.28. The maximum Gasteiger partial charge on any atom is 0.269 e. The quantitative estimate of drug-likeness (QED) is 0.884. The average molecular weight is 254 g/mol. The molecule has 3 heterocycles. The van der Waals surface area contributed by atoms with Crippen LogP contribution < -0.4 is 5.32 Å². The van der Waals surface area contributed by atoms with E-state index in [0.29, 0.717) is 18.2 Å². The van der Waals surface area contributed by atoms with Gasteiger partial charge in [-0.3, -0.25) is 14.5 Å². The lowest BCUT2D eigenvalue weighted by Crippen LogP contribution is -2.35. The fourth-order valence-corrected chi connectivity index (χ4v) is 2.63. The van der Waals surface area contributed by atoms with Crippen LogP contribution in [-0.4, -0.2) is 27.2 Å². The first kappa shape index (κ1) is 10.7. The van der Waals surface area contributed by atoms with Crippen LogP contribution in [0.15, 0.2) is 24.5 Å². The van der Waals surface area contributed by atoms with E-state index in [-0.39, 0.29) is 5.91 Å². The zero-order chi connectivity index (χ0) is 12.8. The number of carbonyl (C=O) groups is 1. The van der Waals surface area contributed by atoms with Crippen molar-refractivity contribution in [2.45, 2.75) is 25.3 Å². The Morgan fingerprint density at radius 2 is 2.26 bits per heavy atom. The lowest BCUT2D eigenvalue weighted by atomic mass is 10.0. The highest BCUT2D eigenvalue weighted by atomic mass is 16.2. The van der Waals surface area contributed by atoms with E-state index in [1.807, 2.05) is 18.3 Å². The number of hydrogen-bond acceptors (Lipinski definition) is 3. The fourth-order valence-electron chi connectivity index (χ4n) is 2.63. The highest BCUT2D eigenvalue weighted by molar-refractivity contribution is 5.94. The van der Waals surface area contributed by atoms with Crippen molar-refractivity contribution in [3.05, 3.63) is 35.8 Å². The predicted molar refractivity (Wildman–Crippen MR) is 69.8 cm³/mol. The molecule has 2 aromatic rings. The SMILES string of the molecule is O=C1NCCn2nc(-c3ccncc3C3CC3)cc21. The topological polar surface area (TPSA) is 59.8 Å². The van der Waals surface area contributed by atoms with Gasteiger partial charge in [-0.1, -0.05) is 0 Å². The molecule has 0 radical (unpaired) electrons. The minimum Gasteiger partial charge on any atom is -0.349 e. The van der Waals surface area contributed by atoms with E-state index in [2.05, 4.69) is 15.4 Å². The van der Waals surface area contributed by atoms with Gasteiger partial charge in [0, 0.05) is 24.5 Å². The molecule has 5 heteroatoms. The smallest absolute Gasteiger partial charge is 0.269 e. The van der Waals surface area contributed by atoms with E-state index in [4.69, 9.17) is 0 Å². The lowest BCUT2D eigenvalue weighted by Gasteiger charge is -2.13. The number of nitrogens with one attached hydrogen (secondary N) is 1. The number of rotatable bonds is 2. The first-order valence-corrected chi connectivity index (χ1v) is 6.63. The summed E-state index contributed by atoms with van der Waals surface area (Å²) in [5.74, 6) is 0.586. The number of amides is 1. The maximum atomic E-state index is 11.8. The van der Waals surface area contributed by atoms with E-state index in [1.165, 1.54) is 18.4 Å². The number of pyridine rings is 1. The monoisotopic (exact) mass is 254 g/mol. The van der Waals surface area contributed by atoms with E-state index >= 15 is 0 Å². The molecular weight excluding hydrogens is 240 g/mol. The molecule has 1 N–H and O–H groups in total. The van der Waals surface area contributed by atoms with E-state index in [9.17, 15) is 4.79 Å². The highest BCUT2D eigenvalue weighted by Crippen LogP contribution is 2.43. The molecule has 5 nitrogen and oxygen atoms in total. The van der Waals surface area contributed by atoms with E-state index in [0.717, 1.165) is 17.8 Å². The van der Waals surface area contributed by atoms with Gasteiger partial charge < -0.3 is 5.32 Å². The Bertz CT molecular complexity index is 657. The van der Waals surface area contributed by atoms with Crippen molar-refractivity contribution in [1.82, 2.24) is 20.1 Å². The molecule has 0 aromatic carbocycles. The van der Waals surface area contributed by atoms with E-state index < -0.39 is 0 Å². The summed E-state index contributed by atoms with van der Waals surface area (Å²) >= 11 is 0. The third kappa shape index (κ3) is 1.73. The van der Waals surface area contributed by atoms with Crippen molar-refractivity contribution >= 4 is 5.91 Å². The average Bonchev–Trinajstić information content (AvgIpc) is 3.18. The van der Waals surface area contributed by atoms with Gasteiger partial charge in [-0.25, -0.2) is 0 Å². The van der Waals surface area contributed by atoms with Crippen molar-refractivity contribution in [1.29, 1.82) is 0 Å². The molecule has 1 amide bonds. The molecule has 1 aliphatic carbocycles. The molecule has 2 aliphatic rings. The number of carbonyl (C=O) groups excluding carboxylic acids is 1. The van der Waals surface area contributed by atoms with Crippen LogP contribution in [0.25, 0.3) is 11.3 Å². The van der Waals surface area contributed by atoms with Crippen molar-refractivity contribution in [3.63, 3.8) is 0 Å². The molecule has 0 saturated heterocycles. The molecule has 0 spiro atoms. The molecule has 1 aliphatic heterocycles. The molecule has 0 bridgehead atoms. The summed E-state index contributed by atoms with van der Waals surface area (Å²) in [6.07, 6.45) is 6.19. The summed E-state index contributed by atoms with van der Waals surface area (Å²) in [6, 6.07) is 3.88. The summed E-state index contributed by atoms with van der Waals surface area (Å²) in [4.78, 5) is 16.0. The summed E-state index contributed by atoms with van der Waals surface area (Å²) in [5.41, 5.74) is 3.92. The van der Waals surface area contributed by atoms with E-state index in [1.54, 1.807) is 10.9 Å². The molecule has 4 rings (SSSR count). The summed E-state index contributed by atoms with van der Waals surface area (Å²) in [5, 5.41) is 7.41. The van der Waals surface area contributed by atoms with Crippen molar-refractivity contribution < 1.29 is 4.79 Å².